The van der Waals surface area contributed by atoms with Crippen LogP contribution in [0.25, 0.3) is 0 Å². The summed E-state index contributed by atoms with van der Waals surface area (Å²) in [6.07, 6.45) is -0.191. The fourth-order valence-corrected chi connectivity index (χ4v) is 4.73. The van der Waals surface area contributed by atoms with Gasteiger partial charge in [0.2, 0.25) is 25.9 Å². The second kappa shape index (κ2) is 15.5. The largest absolute Gasteiger partial charge is 0.480 e. The summed E-state index contributed by atoms with van der Waals surface area (Å²) in [5.41, 5.74) is -2.21. The van der Waals surface area contributed by atoms with Gasteiger partial charge in [0.25, 0.3) is 0 Å². The van der Waals surface area contributed by atoms with Crippen LogP contribution in [0.4, 0.5) is 4.79 Å². The first-order valence-electron chi connectivity index (χ1n) is 10.6. The number of hydrogen-bond donors (Lipinski definition) is 6. The van der Waals surface area contributed by atoms with Crippen LogP contribution >= 0.6 is 15.6 Å². The minimum atomic E-state index is -5.01. The van der Waals surface area contributed by atoms with Gasteiger partial charge in [-0.05, 0) is 12.3 Å². The van der Waals surface area contributed by atoms with Crippen molar-refractivity contribution in [1.29, 1.82) is 0 Å². The molecule has 6 N–H and O–H groups in total. The minimum absolute atomic E-state index is 0.148. The van der Waals surface area contributed by atoms with E-state index in [-0.39, 0.29) is 44.7 Å². The van der Waals surface area contributed by atoms with Gasteiger partial charge in [0.15, 0.2) is 0 Å². The summed E-state index contributed by atoms with van der Waals surface area (Å²) < 4.78 is 38.6. The maximum absolute atomic E-state index is 12.0. The van der Waals surface area contributed by atoms with E-state index in [0.29, 0.717) is 25.9 Å². The van der Waals surface area contributed by atoms with Crippen LogP contribution in [0.5, 0.6) is 0 Å². The average molecular weight is 530 g/mol. The molecule has 0 aromatic heterocycles. The fraction of sp³-hybridized carbons (Fsp3) is 0.812. The van der Waals surface area contributed by atoms with Crippen molar-refractivity contribution >= 4 is 41.2 Å². The molecule has 1 aliphatic heterocycles. The fourth-order valence-electron chi connectivity index (χ4n) is 3.06. The van der Waals surface area contributed by atoms with Crippen LogP contribution in [0, 0.1) is 5.92 Å². The minimum Gasteiger partial charge on any atom is -0.448 e. The Balaban J connectivity index is 2.49. The predicted molar refractivity (Wildman–Crippen MR) is 121 cm³/mol. The monoisotopic (exact) mass is 530 g/mol. The molecule has 0 aromatic rings. The predicted octanol–water partition coefficient (Wildman–Crippen LogP) is -1.71. The van der Waals surface area contributed by atoms with Gasteiger partial charge in [0.1, 0.15) is 6.61 Å². The maximum atomic E-state index is 12.0. The Bertz CT molecular complexity index is 732. The summed E-state index contributed by atoms with van der Waals surface area (Å²) in [6.45, 7) is 5.34. The highest BCUT2D eigenvalue weighted by Crippen LogP contribution is 2.49. The Morgan fingerprint density at radius 3 is 2.35 bits per heavy atom. The van der Waals surface area contributed by atoms with Crippen LogP contribution in [0.15, 0.2) is 0 Å². The average Bonchev–Trinajstić information content (AvgIpc) is 2.70. The van der Waals surface area contributed by atoms with Gasteiger partial charge < -0.3 is 39.4 Å². The Hall–Kier alpha value is -1.51. The van der Waals surface area contributed by atoms with Crippen molar-refractivity contribution in [2.24, 2.45) is 5.92 Å². The third kappa shape index (κ3) is 12.3. The van der Waals surface area contributed by atoms with Gasteiger partial charge in [-0.15, -0.1) is 0 Å². The zero-order chi connectivity index (χ0) is 25.7. The number of rotatable bonds is 13. The summed E-state index contributed by atoms with van der Waals surface area (Å²) in [4.78, 5) is 62.9. The molecule has 3 atom stereocenters. The Morgan fingerprint density at radius 2 is 1.85 bits per heavy atom. The lowest BCUT2D eigenvalue weighted by Gasteiger charge is -2.31. The van der Waals surface area contributed by atoms with Crippen LogP contribution in [0.1, 0.15) is 20.3 Å². The van der Waals surface area contributed by atoms with Gasteiger partial charge in [-0.25, -0.2) is 4.79 Å². The highest BCUT2D eigenvalue weighted by molar-refractivity contribution is 7.65. The SMILES string of the molecule is CC(C)C[C@@H](NC(=O)CNC=O)B1OCCN(CCOC(=O)NC([PH](=O)O)P(=O)(O)O)CCO1. The van der Waals surface area contributed by atoms with Crippen molar-refractivity contribution < 1.29 is 52.2 Å². The van der Waals surface area contributed by atoms with Crippen molar-refractivity contribution in [1.82, 2.24) is 20.9 Å². The van der Waals surface area contributed by atoms with Gasteiger partial charge >= 0.3 is 20.8 Å². The molecule has 3 amide bonds. The van der Waals surface area contributed by atoms with Crippen molar-refractivity contribution in [2.75, 3.05) is 46.0 Å². The van der Waals surface area contributed by atoms with E-state index >= 15 is 0 Å². The molecule has 1 aliphatic rings. The molecule has 1 heterocycles. The molecule has 34 heavy (non-hydrogen) atoms. The number of hydrogen-bond acceptors (Lipinski definition) is 9. The molecule has 1 saturated heterocycles. The van der Waals surface area contributed by atoms with Crippen molar-refractivity contribution in [3.05, 3.63) is 0 Å². The molecule has 2 unspecified atom stereocenters. The number of carbonyl (C=O) groups excluding carboxylic acids is 3. The van der Waals surface area contributed by atoms with Crippen molar-refractivity contribution in [2.45, 2.75) is 31.7 Å². The van der Waals surface area contributed by atoms with E-state index in [9.17, 15) is 23.5 Å². The van der Waals surface area contributed by atoms with Crippen molar-refractivity contribution in [3.63, 3.8) is 0 Å². The first-order chi connectivity index (χ1) is 15.9. The van der Waals surface area contributed by atoms with Gasteiger partial charge in [0, 0.05) is 32.8 Å². The number of alkyl carbamates (subject to hydrolysis) is 1. The lowest BCUT2D eigenvalue weighted by Crippen LogP contribution is -2.54. The zero-order valence-electron chi connectivity index (χ0n) is 19.0. The molecule has 196 valence electrons. The van der Waals surface area contributed by atoms with E-state index in [1.165, 1.54) is 0 Å². The second-order valence-corrected chi connectivity index (χ2v) is 11.3. The van der Waals surface area contributed by atoms with Gasteiger partial charge in [-0.2, -0.15) is 0 Å². The second-order valence-electron chi connectivity index (χ2n) is 7.86. The third-order valence-electron chi connectivity index (χ3n) is 4.59. The van der Waals surface area contributed by atoms with Crippen LogP contribution in [-0.2, 0) is 32.8 Å². The number of carbonyl (C=O) groups is 3. The first kappa shape index (κ1) is 30.5. The summed E-state index contributed by atoms with van der Waals surface area (Å²) in [6, 6.07) is 0. The number of nitrogens with one attached hydrogen (secondary N) is 3. The Morgan fingerprint density at radius 1 is 1.24 bits per heavy atom. The highest BCUT2D eigenvalue weighted by atomic mass is 31.2. The molecule has 0 aromatic carbocycles. The molecule has 0 bridgehead atoms. The Labute approximate surface area is 198 Å². The van der Waals surface area contributed by atoms with Crippen LogP contribution in [0.3, 0.4) is 0 Å². The summed E-state index contributed by atoms with van der Waals surface area (Å²) in [7, 11) is -9.42. The molecule has 15 nitrogen and oxygen atoms in total. The smallest absolute Gasteiger partial charge is 0.448 e. The zero-order valence-corrected chi connectivity index (χ0v) is 20.9. The molecule has 0 saturated carbocycles. The topological polar surface area (TPSA) is 213 Å². The van der Waals surface area contributed by atoms with E-state index < -0.39 is 40.3 Å². The molecule has 0 radical (unpaired) electrons. The maximum Gasteiger partial charge on any atom is 0.480 e. The molecular formula is C16H33BN4O11P2. The summed E-state index contributed by atoms with van der Waals surface area (Å²) >= 11 is 0. The van der Waals surface area contributed by atoms with Gasteiger partial charge in [-0.3, -0.25) is 28.9 Å². The summed E-state index contributed by atoms with van der Waals surface area (Å²) in [5, 5.41) is 6.82. The number of amides is 3. The van der Waals surface area contributed by atoms with E-state index in [0.717, 1.165) is 0 Å². The molecular weight excluding hydrogens is 497 g/mol. The number of nitrogens with zero attached hydrogens (tertiary/aromatic N) is 1. The highest BCUT2D eigenvalue weighted by Gasteiger charge is 2.36. The third-order valence-corrected chi connectivity index (χ3v) is 7.68. The van der Waals surface area contributed by atoms with Crippen molar-refractivity contribution in [3.8, 4) is 0 Å². The normalized spacial score (nSPS) is 18.2. The lowest BCUT2D eigenvalue weighted by atomic mass is 9.73. The molecule has 0 spiro atoms. The Kier molecular flexibility index (Phi) is 13.9. The van der Waals surface area contributed by atoms with E-state index in [1.54, 1.807) is 5.32 Å². The standard InChI is InChI=1S/C16H33BN4O11P2/c1-12(2)9-13(19-14(23)10-18-11-22)17-31-7-4-21(5-8-32-17)3-6-30-15(24)20-16(33(25)26)34(27,28)29/h11-13,16,33H,3-10H2,1-2H3,(H,18,22)(H,19,23)(H,20,24)(H,25,26)(H2,27,28,29)/t13-,16?/m1/s1. The van der Waals surface area contributed by atoms with Crippen LogP contribution in [0.2, 0.25) is 0 Å². The van der Waals surface area contributed by atoms with E-state index in [4.69, 9.17) is 28.7 Å². The molecule has 1 rings (SSSR count). The van der Waals surface area contributed by atoms with E-state index in [2.05, 4.69) is 10.6 Å². The number of ether oxygens (including phenoxy) is 1. The van der Waals surface area contributed by atoms with Crippen LogP contribution < -0.4 is 16.0 Å². The van der Waals surface area contributed by atoms with Gasteiger partial charge in [-0.1, -0.05) is 13.8 Å². The molecule has 18 heteroatoms. The lowest BCUT2D eigenvalue weighted by molar-refractivity contribution is -0.122. The first-order valence-corrected chi connectivity index (χ1v) is 13.7. The van der Waals surface area contributed by atoms with Crippen LogP contribution in [-0.4, -0.2) is 103 Å². The summed E-state index contributed by atoms with van der Waals surface area (Å²) in [5.74, 6) is -0.534. The quantitative estimate of drug-likeness (QED) is 0.0893. The molecule has 0 aliphatic carbocycles. The molecule has 1 fully saturated rings. The van der Waals surface area contributed by atoms with E-state index in [1.807, 2.05) is 18.7 Å². The van der Waals surface area contributed by atoms with Gasteiger partial charge in [0.05, 0.1) is 12.5 Å².